The fourth-order valence-corrected chi connectivity index (χ4v) is 2.72. The third-order valence-corrected chi connectivity index (χ3v) is 4.51. The summed E-state index contributed by atoms with van der Waals surface area (Å²) in [5.74, 6) is -2.55. The summed E-state index contributed by atoms with van der Waals surface area (Å²) in [6, 6.07) is 3.32. The zero-order valence-electron chi connectivity index (χ0n) is 7.12. The number of carbonyl (C=O) groups excluding carboxylic acids is 1. The number of nitrogens with one attached hydrogen (secondary N) is 1. The second-order valence-corrected chi connectivity index (χ2v) is 5.32. The summed E-state index contributed by atoms with van der Waals surface area (Å²) in [5, 5.41) is 10.7. The van der Waals surface area contributed by atoms with E-state index in [1.165, 1.54) is 0 Å². The molecule has 2 N–H and O–H groups in total. The van der Waals surface area contributed by atoms with E-state index in [0.29, 0.717) is 5.69 Å². The number of carboxylic acid groups (broad SMARTS) is 1. The molecule has 0 aromatic heterocycles. The Kier molecular flexibility index (Phi) is 4.64. The number of aliphatic carboxylic acids is 1. The van der Waals surface area contributed by atoms with E-state index in [4.69, 9.17) is 5.11 Å². The Hall–Kier alpha value is -0.0300. The van der Waals surface area contributed by atoms with Crippen molar-refractivity contribution < 1.29 is 14.7 Å². The lowest BCUT2D eigenvalue weighted by molar-refractivity contribution is -0.147. The van der Waals surface area contributed by atoms with Gasteiger partial charge in [0.05, 0.1) is 0 Å². The maximum atomic E-state index is 10.9. The number of benzene rings is 1. The molecule has 0 radical (unpaired) electrons. The zero-order valence-corrected chi connectivity index (χ0v) is 12.3. The molecule has 1 rings (SSSR count). The van der Waals surface area contributed by atoms with Crippen LogP contribution < -0.4 is 5.32 Å². The summed E-state index contributed by atoms with van der Waals surface area (Å²) in [6.07, 6.45) is 0. The highest BCUT2D eigenvalue weighted by Gasteiger charge is 2.12. The molecule has 1 aromatic rings. The first-order valence-electron chi connectivity index (χ1n) is 3.64. The van der Waals surface area contributed by atoms with E-state index in [1.54, 1.807) is 12.1 Å². The van der Waals surface area contributed by atoms with Gasteiger partial charge in [0.1, 0.15) is 0 Å². The monoisotopic (exact) mass is 449 g/mol. The molecule has 0 fully saturated rings. The number of carboxylic acids is 1. The number of rotatable bonds is 1. The van der Waals surface area contributed by atoms with Crippen LogP contribution in [-0.2, 0) is 9.59 Å². The highest BCUT2D eigenvalue weighted by atomic mass is 127. The van der Waals surface area contributed by atoms with Crippen molar-refractivity contribution in [1.82, 2.24) is 0 Å². The van der Waals surface area contributed by atoms with E-state index >= 15 is 0 Å². The zero-order chi connectivity index (χ0) is 11.6. The lowest BCUT2D eigenvalue weighted by Gasteiger charge is -2.06. The van der Waals surface area contributed by atoms with Gasteiger partial charge in [-0.25, -0.2) is 4.79 Å². The molecule has 0 unspecified atom stereocenters. The Labute approximate surface area is 119 Å². The highest BCUT2D eigenvalue weighted by molar-refractivity contribution is 14.1. The highest BCUT2D eigenvalue weighted by Crippen LogP contribution is 2.26. The summed E-state index contributed by atoms with van der Waals surface area (Å²) in [5.41, 5.74) is 0.453. The van der Waals surface area contributed by atoms with Crippen LogP contribution in [0.3, 0.4) is 0 Å². The minimum absolute atomic E-state index is 0.453. The molecule has 0 aliphatic carbocycles. The van der Waals surface area contributed by atoms with Crippen LogP contribution in [0, 0.1) is 7.14 Å². The van der Waals surface area contributed by atoms with Gasteiger partial charge in [0.2, 0.25) is 0 Å². The molecular weight excluding hydrogens is 444 g/mol. The van der Waals surface area contributed by atoms with E-state index in [-0.39, 0.29) is 0 Å². The van der Waals surface area contributed by atoms with Crippen molar-refractivity contribution in [2.45, 2.75) is 4.90 Å². The van der Waals surface area contributed by atoms with Crippen LogP contribution in [0.25, 0.3) is 0 Å². The molecule has 0 atom stereocenters. The van der Waals surface area contributed by atoms with Crippen molar-refractivity contribution in [2.24, 2.45) is 0 Å². The van der Waals surface area contributed by atoms with Crippen LogP contribution >= 0.6 is 57.8 Å². The number of amides is 1. The van der Waals surface area contributed by atoms with Gasteiger partial charge < -0.3 is 10.4 Å². The lowest BCUT2D eigenvalue weighted by Crippen LogP contribution is -2.21. The van der Waals surface area contributed by atoms with Crippen LogP contribution in [0.15, 0.2) is 17.0 Å². The second-order valence-electron chi connectivity index (χ2n) is 2.55. The van der Waals surface area contributed by atoms with Crippen LogP contribution in [0.5, 0.6) is 0 Å². The van der Waals surface area contributed by atoms with Gasteiger partial charge in [-0.3, -0.25) is 4.79 Å². The van der Waals surface area contributed by atoms with Crippen LogP contribution in [0.2, 0.25) is 0 Å². The Morgan fingerprint density at radius 2 is 1.73 bits per heavy atom. The predicted molar refractivity (Wildman–Crippen MR) is 75.4 cm³/mol. The van der Waals surface area contributed by atoms with Gasteiger partial charge in [0.15, 0.2) is 0 Å². The Balaban J connectivity index is 2.98. The quantitative estimate of drug-likeness (QED) is 0.350. The van der Waals surface area contributed by atoms with Gasteiger partial charge in [-0.2, -0.15) is 0 Å². The van der Waals surface area contributed by atoms with Crippen molar-refractivity contribution in [1.29, 1.82) is 0 Å². The Morgan fingerprint density at radius 1 is 1.27 bits per heavy atom. The molecule has 1 amide bonds. The summed E-state index contributed by atoms with van der Waals surface area (Å²) in [7, 11) is 0. The SMILES string of the molecule is O=C(O)C(=O)Nc1cc(I)c(S)c(I)c1. The molecular formula is C8H5I2NO3S. The maximum Gasteiger partial charge on any atom is 0.394 e. The minimum atomic E-state index is -1.50. The average Bonchev–Trinajstić information content (AvgIpc) is 2.13. The number of halogens is 2. The number of anilines is 1. The number of thiol groups is 1. The number of hydrogen-bond donors (Lipinski definition) is 3. The van der Waals surface area contributed by atoms with Gasteiger partial charge in [-0.1, -0.05) is 0 Å². The third-order valence-electron chi connectivity index (χ3n) is 1.47. The van der Waals surface area contributed by atoms with Crippen molar-refractivity contribution in [2.75, 3.05) is 5.32 Å². The Bertz CT molecular complexity index is 413. The fraction of sp³-hybridized carbons (Fsp3) is 0. The second kappa shape index (κ2) is 5.34. The van der Waals surface area contributed by atoms with Gasteiger partial charge >= 0.3 is 11.9 Å². The molecule has 15 heavy (non-hydrogen) atoms. The molecule has 0 heterocycles. The van der Waals surface area contributed by atoms with Crippen LogP contribution in [0.1, 0.15) is 0 Å². The van der Waals surface area contributed by atoms with Gasteiger partial charge in [-0.05, 0) is 57.3 Å². The molecule has 0 saturated heterocycles. The molecule has 0 aliphatic heterocycles. The molecule has 1 aromatic carbocycles. The van der Waals surface area contributed by atoms with Crippen molar-refractivity contribution in [3.05, 3.63) is 19.3 Å². The molecule has 0 spiro atoms. The molecule has 0 aliphatic rings. The fourth-order valence-electron chi connectivity index (χ4n) is 0.822. The average molecular weight is 449 g/mol. The first kappa shape index (κ1) is 13.0. The van der Waals surface area contributed by atoms with E-state index < -0.39 is 11.9 Å². The third kappa shape index (κ3) is 3.48. The van der Waals surface area contributed by atoms with E-state index in [9.17, 15) is 9.59 Å². The normalized spacial score (nSPS) is 9.80. The minimum Gasteiger partial charge on any atom is -0.474 e. The first-order valence-corrected chi connectivity index (χ1v) is 6.24. The molecule has 80 valence electrons. The van der Waals surface area contributed by atoms with Crippen LogP contribution in [0.4, 0.5) is 5.69 Å². The van der Waals surface area contributed by atoms with Crippen molar-refractivity contribution >= 4 is 75.4 Å². The topological polar surface area (TPSA) is 66.4 Å². The van der Waals surface area contributed by atoms with E-state index in [0.717, 1.165) is 12.0 Å². The molecule has 0 saturated carbocycles. The maximum absolute atomic E-state index is 10.9. The van der Waals surface area contributed by atoms with Crippen LogP contribution in [-0.4, -0.2) is 17.0 Å². The largest absolute Gasteiger partial charge is 0.474 e. The Morgan fingerprint density at radius 3 is 2.13 bits per heavy atom. The molecule has 0 bridgehead atoms. The predicted octanol–water partition coefficient (Wildman–Crippen LogP) is 2.21. The van der Waals surface area contributed by atoms with Gasteiger partial charge in [-0.15, -0.1) is 12.6 Å². The smallest absolute Gasteiger partial charge is 0.394 e. The van der Waals surface area contributed by atoms with Crippen molar-refractivity contribution in [3.63, 3.8) is 0 Å². The van der Waals surface area contributed by atoms with Gasteiger partial charge in [0, 0.05) is 17.7 Å². The standard InChI is InChI=1S/C8H5I2NO3S/c9-4-1-3(2-5(10)6(4)15)11-7(12)8(13)14/h1-2,15H,(H,11,12)(H,13,14). The number of carbonyl (C=O) groups is 2. The van der Waals surface area contributed by atoms with E-state index in [1.807, 2.05) is 0 Å². The molecule has 4 nitrogen and oxygen atoms in total. The lowest BCUT2D eigenvalue weighted by atomic mass is 10.3. The van der Waals surface area contributed by atoms with Crippen molar-refractivity contribution in [3.8, 4) is 0 Å². The van der Waals surface area contributed by atoms with E-state index in [2.05, 4.69) is 63.1 Å². The van der Waals surface area contributed by atoms with Gasteiger partial charge in [0.25, 0.3) is 0 Å². The summed E-state index contributed by atoms with van der Waals surface area (Å²) in [6.45, 7) is 0. The first-order chi connectivity index (χ1) is 6.91. The summed E-state index contributed by atoms with van der Waals surface area (Å²) < 4.78 is 1.70. The summed E-state index contributed by atoms with van der Waals surface area (Å²) in [4.78, 5) is 22.0. The summed E-state index contributed by atoms with van der Waals surface area (Å²) >= 11 is 8.37. The molecule has 7 heteroatoms. The number of hydrogen-bond acceptors (Lipinski definition) is 3.